The van der Waals surface area contributed by atoms with Crippen LogP contribution in [0.4, 0.5) is 5.69 Å². The lowest BCUT2D eigenvalue weighted by molar-refractivity contribution is -0.118. The number of hydrogen-bond donors (Lipinski definition) is 2. The van der Waals surface area contributed by atoms with Crippen LogP contribution in [0.25, 0.3) is 11.1 Å². The summed E-state index contributed by atoms with van der Waals surface area (Å²) in [6.07, 6.45) is 4.66. The van der Waals surface area contributed by atoms with Gasteiger partial charge in [-0.15, -0.1) is 0 Å². The summed E-state index contributed by atoms with van der Waals surface area (Å²) in [7, 11) is 0. The van der Waals surface area contributed by atoms with Crippen LogP contribution in [0.1, 0.15) is 34.8 Å². The number of phenols is 1. The van der Waals surface area contributed by atoms with Crippen molar-refractivity contribution in [1.29, 1.82) is 0 Å². The van der Waals surface area contributed by atoms with E-state index in [-0.39, 0.29) is 23.1 Å². The Bertz CT molecular complexity index is 1100. The molecule has 1 aliphatic rings. The summed E-state index contributed by atoms with van der Waals surface area (Å²) >= 11 is 0. The van der Waals surface area contributed by atoms with E-state index in [4.69, 9.17) is 0 Å². The zero-order valence-corrected chi connectivity index (χ0v) is 16.8. The van der Waals surface area contributed by atoms with Crippen molar-refractivity contribution in [3.05, 3.63) is 77.6 Å². The summed E-state index contributed by atoms with van der Waals surface area (Å²) in [6.45, 7) is 2.91. The largest absolute Gasteiger partial charge is 0.507 e. The molecule has 3 aromatic rings. The molecule has 0 bridgehead atoms. The summed E-state index contributed by atoms with van der Waals surface area (Å²) in [5.74, 6) is -0.286. The number of rotatable bonds is 5. The number of fused-ring (bicyclic) bond motifs is 1. The second-order valence-corrected chi connectivity index (χ2v) is 7.27. The highest BCUT2D eigenvalue weighted by Crippen LogP contribution is 2.34. The van der Waals surface area contributed by atoms with Gasteiger partial charge in [-0.1, -0.05) is 25.1 Å². The van der Waals surface area contributed by atoms with Gasteiger partial charge in [0.05, 0.1) is 5.56 Å². The Labute approximate surface area is 175 Å². The number of aromatic nitrogens is 1. The van der Waals surface area contributed by atoms with Crippen LogP contribution in [0.2, 0.25) is 0 Å². The van der Waals surface area contributed by atoms with Crippen LogP contribution in [0.5, 0.6) is 5.75 Å². The zero-order chi connectivity index (χ0) is 21.1. The van der Waals surface area contributed by atoms with E-state index >= 15 is 0 Å². The van der Waals surface area contributed by atoms with Crippen molar-refractivity contribution < 1.29 is 14.7 Å². The molecular weight excluding hydrogens is 378 g/mol. The summed E-state index contributed by atoms with van der Waals surface area (Å²) in [5, 5.41) is 13.2. The highest BCUT2D eigenvalue weighted by atomic mass is 16.3. The number of amides is 2. The minimum absolute atomic E-state index is 0.0699. The quantitative estimate of drug-likeness (QED) is 0.683. The third kappa shape index (κ3) is 3.89. The molecule has 0 saturated carbocycles. The number of benzene rings is 2. The van der Waals surface area contributed by atoms with E-state index in [2.05, 4.69) is 16.4 Å². The average Bonchev–Trinajstić information content (AvgIpc) is 3.21. The molecule has 2 N–H and O–H groups in total. The molecule has 6 nitrogen and oxygen atoms in total. The lowest BCUT2D eigenvalue weighted by Gasteiger charge is -2.16. The van der Waals surface area contributed by atoms with Gasteiger partial charge in [0, 0.05) is 37.6 Å². The first kappa shape index (κ1) is 19.6. The van der Waals surface area contributed by atoms with Crippen LogP contribution in [0.15, 0.2) is 60.9 Å². The van der Waals surface area contributed by atoms with Crippen molar-refractivity contribution in [3.63, 3.8) is 0 Å². The molecule has 2 heterocycles. The molecule has 6 heteroatoms. The highest BCUT2D eigenvalue weighted by molar-refractivity contribution is 5.98. The number of hydrogen-bond acceptors (Lipinski definition) is 4. The molecule has 2 amide bonds. The van der Waals surface area contributed by atoms with Crippen LogP contribution in [-0.4, -0.2) is 28.4 Å². The zero-order valence-electron chi connectivity index (χ0n) is 16.8. The minimum Gasteiger partial charge on any atom is -0.507 e. The summed E-state index contributed by atoms with van der Waals surface area (Å²) in [5.41, 5.74) is 4.95. The van der Waals surface area contributed by atoms with Crippen LogP contribution in [-0.2, 0) is 17.8 Å². The fourth-order valence-corrected chi connectivity index (χ4v) is 3.71. The predicted octanol–water partition coefficient (Wildman–Crippen LogP) is 3.68. The Morgan fingerprint density at radius 3 is 2.67 bits per heavy atom. The number of pyridine rings is 1. The third-order valence-electron chi connectivity index (χ3n) is 5.33. The normalized spacial score (nSPS) is 12.5. The van der Waals surface area contributed by atoms with Crippen molar-refractivity contribution in [1.82, 2.24) is 10.3 Å². The van der Waals surface area contributed by atoms with Gasteiger partial charge in [0.2, 0.25) is 5.91 Å². The number of carbonyl (C=O) groups is 2. The van der Waals surface area contributed by atoms with Gasteiger partial charge in [-0.2, -0.15) is 0 Å². The molecule has 2 aromatic carbocycles. The fraction of sp³-hybridized carbons (Fsp3) is 0.208. The molecule has 152 valence electrons. The molecule has 0 saturated heterocycles. The van der Waals surface area contributed by atoms with Gasteiger partial charge in [0.15, 0.2) is 0 Å². The van der Waals surface area contributed by atoms with Crippen molar-refractivity contribution in [2.45, 2.75) is 26.3 Å². The minimum atomic E-state index is -0.342. The van der Waals surface area contributed by atoms with Crippen LogP contribution in [0.3, 0.4) is 0 Å². The summed E-state index contributed by atoms with van der Waals surface area (Å²) in [4.78, 5) is 30.4. The molecule has 0 radical (unpaired) electrons. The Balaban J connectivity index is 1.51. The standard InChI is InChI=1S/C24H23N3O3/c1-2-23(29)27-11-9-19-12-17(6-8-21(19)27)18-5-7-20(22(28)13-18)24(30)26-15-16-4-3-10-25-14-16/h3-8,10,12-14,28H,2,9,11,15H2,1H3,(H,26,30). The van der Waals surface area contributed by atoms with Gasteiger partial charge in [-0.25, -0.2) is 0 Å². The van der Waals surface area contributed by atoms with Crippen molar-refractivity contribution in [3.8, 4) is 16.9 Å². The van der Waals surface area contributed by atoms with E-state index < -0.39 is 0 Å². The first-order valence-corrected chi connectivity index (χ1v) is 10.0. The number of nitrogens with zero attached hydrogens (tertiary/aromatic N) is 2. The molecule has 0 aliphatic carbocycles. The van der Waals surface area contributed by atoms with E-state index in [1.807, 2.05) is 42.2 Å². The lowest BCUT2D eigenvalue weighted by atomic mass is 9.99. The van der Waals surface area contributed by atoms with E-state index in [1.165, 1.54) is 0 Å². The molecule has 0 fully saturated rings. The second kappa shape index (κ2) is 8.37. The molecule has 1 aromatic heterocycles. The fourth-order valence-electron chi connectivity index (χ4n) is 3.71. The second-order valence-electron chi connectivity index (χ2n) is 7.27. The molecule has 0 atom stereocenters. The van der Waals surface area contributed by atoms with E-state index in [1.54, 1.807) is 24.5 Å². The van der Waals surface area contributed by atoms with Gasteiger partial charge in [0.1, 0.15) is 5.75 Å². The Morgan fingerprint density at radius 1 is 1.13 bits per heavy atom. The molecule has 0 spiro atoms. The van der Waals surface area contributed by atoms with Gasteiger partial charge in [-0.05, 0) is 59.0 Å². The highest BCUT2D eigenvalue weighted by Gasteiger charge is 2.23. The van der Waals surface area contributed by atoms with Crippen molar-refractivity contribution in [2.75, 3.05) is 11.4 Å². The number of carbonyl (C=O) groups excluding carboxylic acids is 2. The number of phenolic OH excluding ortho intramolecular Hbond substituents is 1. The van der Waals surface area contributed by atoms with E-state index in [9.17, 15) is 14.7 Å². The summed E-state index contributed by atoms with van der Waals surface area (Å²) in [6, 6.07) is 14.7. The van der Waals surface area contributed by atoms with Gasteiger partial charge in [0.25, 0.3) is 5.91 Å². The predicted molar refractivity (Wildman–Crippen MR) is 115 cm³/mol. The Hall–Kier alpha value is -3.67. The molecular formula is C24H23N3O3. The maximum atomic E-state index is 12.4. The van der Waals surface area contributed by atoms with Crippen LogP contribution in [0, 0.1) is 0 Å². The Morgan fingerprint density at radius 2 is 1.93 bits per heavy atom. The maximum Gasteiger partial charge on any atom is 0.255 e. The first-order valence-electron chi connectivity index (χ1n) is 10.0. The number of anilines is 1. The van der Waals surface area contributed by atoms with Crippen LogP contribution >= 0.6 is 0 Å². The van der Waals surface area contributed by atoms with Gasteiger partial charge < -0.3 is 15.3 Å². The molecule has 30 heavy (non-hydrogen) atoms. The smallest absolute Gasteiger partial charge is 0.255 e. The third-order valence-corrected chi connectivity index (χ3v) is 5.33. The molecule has 4 rings (SSSR count). The van der Waals surface area contributed by atoms with Gasteiger partial charge in [-0.3, -0.25) is 14.6 Å². The first-order chi connectivity index (χ1) is 14.6. The molecule has 1 aliphatic heterocycles. The van der Waals surface area contributed by atoms with E-state index in [0.29, 0.717) is 19.5 Å². The van der Waals surface area contributed by atoms with Crippen molar-refractivity contribution in [2.24, 2.45) is 0 Å². The number of aromatic hydroxyl groups is 1. The number of nitrogens with one attached hydrogen (secondary N) is 1. The average molecular weight is 401 g/mol. The SMILES string of the molecule is CCC(=O)N1CCc2cc(-c3ccc(C(=O)NCc4cccnc4)c(O)c3)ccc21. The molecule has 0 unspecified atom stereocenters. The topological polar surface area (TPSA) is 82.5 Å². The maximum absolute atomic E-state index is 12.4. The van der Waals surface area contributed by atoms with Gasteiger partial charge >= 0.3 is 0 Å². The van der Waals surface area contributed by atoms with Crippen molar-refractivity contribution >= 4 is 17.5 Å². The van der Waals surface area contributed by atoms with Crippen LogP contribution < -0.4 is 10.2 Å². The monoisotopic (exact) mass is 401 g/mol. The van der Waals surface area contributed by atoms with E-state index in [0.717, 1.165) is 34.4 Å². The summed E-state index contributed by atoms with van der Waals surface area (Å²) < 4.78 is 0. The Kier molecular flexibility index (Phi) is 5.48. The lowest BCUT2D eigenvalue weighted by Crippen LogP contribution is -2.27.